The van der Waals surface area contributed by atoms with Gasteiger partial charge in [-0.15, -0.1) is 0 Å². The first-order valence-electron chi connectivity index (χ1n) is 8.87. The fraction of sp³-hybridized carbons (Fsp3) is 0.882. The van der Waals surface area contributed by atoms with Gasteiger partial charge < -0.3 is 15.5 Å². The SMILES string of the molecule is CCC(C)C(=O)N1CCCC(C(=O)N2CCCCC2CN)C1. The van der Waals surface area contributed by atoms with Crippen LogP contribution >= 0.6 is 0 Å². The number of piperidine rings is 2. The van der Waals surface area contributed by atoms with E-state index in [0.29, 0.717) is 13.1 Å². The Morgan fingerprint density at radius 2 is 1.95 bits per heavy atom. The summed E-state index contributed by atoms with van der Waals surface area (Å²) >= 11 is 0. The first kappa shape index (κ1) is 17.3. The van der Waals surface area contributed by atoms with E-state index in [2.05, 4.69) is 0 Å². The molecule has 5 heteroatoms. The molecule has 2 rings (SSSR count). The summed E-state index contributed by atoms with van der Waals surface area (Å²) in [6.45, 7) is 6.78. The molecule has 2 N–H and O–H groups in total. The van der Waals surface area contributed by atoms with Crippen LogP contribution in [-0.4, -0.2) is 53.8 Å². The van der Waals surface area contributed by atoms with Crippen LogP contribution in [0, 0.1) is 11.8 Å². The Kier molecular flexibility index (Phi) is 6.24. The van der Waals surface area contributed by atoms with Crippen LogP contribution in [0.5, 0.6) is 0 Å². The van der Waals surface area contributed by atoms with Crippen LogP contribution < -0.4 is 5.73 Å². The highest BCUT2D eigenvalue weighted by atomic mass is 16.2. The van der Waals surface area contributed by atoms with E-state index in [1.54, 1.807) is 0 Å². The largest absolute Gasteiger partial charge is 0.342 e. The number of rotatable bonds is 4. The molecule has 0 radical (unpaired) electrons. The molecule has 22 heavy (non-hydrogen) atoms. The predicted molar refractivity (Wildman–Crippen MR) is 87.2 cm³/mol. The van der Waals surface area contributed by atoms with Crippen molar-refractivity contribution in [1.29, 1.82) is 0 Å². The number of carbonyl (C=O) groups excluding carboxylic acids is 2. The molecule has 0 aromatic heterocycles. The normalized spacial score (nSPS) is 27.6. The molecule has 3 unspecified atom stereocenters. The van der Waals surface area contributed by atoms with Crippen molar-refractivity contribution >= 4 is 11.8 Å². The van der Waals surface area contributed by atoms with Crippen LogP contribution in [0.25, 0.3) is 0 Å². The van der Waals surface area contributed by atoms with Crippen LogP contribution in [0.4, 0.5) is 0 Å². The average molecular weight is 309 g/mol. The third kappa shape index (κ3) is 3.80. The Morgan fingerprint density at radius 1 is 1.18 bits per heavy atom. The Labute approximate surface area is 134 Å². The minimum Gasteiger partial charge on any atom is -0.342 e. The first-order valence-corrected chi connectivity index (χ1v) is 8.87. The van der Waals surface area contributed by atoms with Crippen LogP contribution in [0.1, 0.15) is 52.4 Å². The molecular weight excluding hydrogens is 278 g/mol. The maximum absolute atomic E-state index is 12.9. The summed E-state index contributed by atoms with van der Waals surface area (Å²) in [6.07, 6.45) is 5.94. The molecule has 3 atom stereocenters. The number of hydrogen-bond donors (Lipinski definition) is 1. The summed E-state index contributed by atoms with van der Waals surface area (Å²) < 4.78 is 0. The van der Waals surface area contributed by atoms with Crippen molar-refractivity contribution in [1.82, 2.24) is 9.80 Å². The monoisotopic (exact) mass is 309 g/mol. The molecule has 0 spiro atoms. The molecule has 2 heterocycles. The lowest BCUT2D eigenvalue weighted by molar-refractivity contribution is -0.144. The van der Waals surface area contributed by atoms with Gasteiger partial charge >= 0.3 is 0 Å². The fourth-order valence-electron chi connectivity index (χ4n) is 3.64. The van der Waals surface area contributed by atoms with Crippen molar-refractivity contribution in [3.05, 3.63) is 0 Å². The minimum absolute atomic E-state index is 0.0334. The summed E-state index contributed by atoms with van der Waals surface area (Å²) in [5.41, 5.74) is 5.84. The lowest BCUT2D eigenvalue weighted by Gasteiger charge is -2.40. The van der Waals surface area contributed by atoms with E-state index in [0.717, 1.165) is 51.6 Å². The predicted octanol–water partition coefficient (Wildman–Crippen LogP) is 1.61. The van der Waals surface area contributed by atoms with Gasteiger partial charge in [-0.1, -0.05) is 13.8 Å². The summed E-state index contributed by atoms with van der Waals surface area (Å²) in [5.74, 6) is 0.445. The standard InChI is InChI=1S/C17H31N3O2/c1-3-13(2)16(21)19-9-6-7-14(12-19)17(22)20-10-5-4-8-15(20)11-18/h13-15H,3-12,18H2,1-2H3. The highest BCUT2D eigenvalue weighted by molar-refractivity contribution is 5.82. The van der Waals surface area contributed by atoms with Crippen molar-refractivity contribution in [2.24, 2.45) is 17.6 Å². The van der Waals surface area contributed by atoms with Crippen molar-refractivity contribution in [2.45, 2.75) is 58.4 Å². The number of amides is 2. The van der Waals surface area contributed by atoms with Gasteiger partial charge in [-0.05, 0) is 38.5 Å². The molecular formula is C17H31N3O2. The maximum atomic E-state index is 12.9. The zero-order valence-corrected chi connectivity index (χ0v) is 14.1. The van der Waals surface area contributed by atoms with Crippen LogP contribution in [-0.2, 0) is 9.59 Å². The van der Waals surface area contributed by atoms with E-state index in [1.807, 2.05) is 23.6 Å². The molecule has 2 amide bonds. The zero-order valence-electron chi connectivity index (χ0n) is 14.1. The molecule has 0 bridgehead atoms. The Hall–Kier alpha value is -1.10. The molecule has 5 nitrogen and oxygen atoms in total. The van der Waals surface area contributed by atoms with Crippen molar-refractivity contribution in [3.8, 4) is 0 Å². The van der Waals surface area contributed by atoms with Gasteiger partial charge in [0.05, 0.1) is 5.92 Å². The Morgan fingerprint density at radius 3 is 2.64 bits per heavy atom. The molecule has 2 aliphatic rings. The number of likely N-dealkylation sites (tertiary alicyclic amines) is 2. The molecule has 0 saturated carbocycles. The van der Waals surface area contributed by atoms with E-state index in [4.69, 9.17) is 5.73 Å². The third-order valence-corrected chi connectivity index (χ3v) is 5.30. The number of hydrogen-bond acceptors (Lipinski definition) is 3. The van der Waals surface area contributed by atoms with E-state index < -0.39 is 0 Å². The summed E-state index contributed by atoms with van der Waals surface area (Å²) in [7, 11) is 0. The van der Waals surface area contributed by atoms with Gasteiger partial charge in [0.2, 0.25) is 11.8 Å². The smallest absolute Gasteiger partial charge is 0.227 e. The second-order valence-corrected chi connectivity index (χ2v) is 6.85. The highest BCUT2D eigenvalue weighted by Gasteiger charge is 2.35. The van der Waals surface area contributed by atoms with Crippen molar-refractivity contribution in [2.75, 3.05) is 26.2 Å². The van der Waals surface area contributed by atoms with Crippen molar-refractivity contribution < 1.29 is 9.59 Å². The molecule has 2 fully saturated rings. The second kappa shape index (κ2) is 7.95. The second-order valence-electron chi connectivity index (χ2n) is 6.85. The summed E-state index contributed by atoms with van der Waals surface area (Å²) in [4.78, 5) is 29.1. The van der Waals surface area contributed by atoms with Gasteiger partial charge in [-0.3, -0.25) is 9.59 Å². The zero-order chi connectivity index (χ0) is 16.1. The third-order valence-electron chi connectivity index (χ3n) is 5.30. The lowest BCUT2D eigenvalue weighted by Crippen LogP contribution is -2.53. The van der Waals surface area contributed by atoms with E-state index in [9.17, 15) is 9.59 Å². The summed E-state index contributed by atoms with van der Waals surface area (Å²) in [5, 5.41) is 0. The van der Waals surface area contributed by atoms with Gasteiger partial charge in [0.15, 0.2) is 0 Å². The van der Waals surface area contributed by atoms with Crippen LogP contribution in [0.2, 0.25) is 0 Å². The quantitative estimate of drug-likeness (QED) is 0.858. The number of carbonyl (C=O) groups is 2. The molecule has 0 aromatic rings. The molecule has 126 valence electrons. The van der Waals surface area contributed by atoms with E-state index >= 15 is 0 Å². The van der Waals surface area contributed by atoms with Gasteiger partial charge in [0, 0.05) is 38.1 Å². The van der Waals surface area contributed by atoms with Gasteiger partial charge in [-0.25, -0.2) is 0 Å². The van der Waals surface area contributed by atoms with Gasteiger partial charge in [0.1, 0.15) is 0 Å². The topological polar surface area (TPSA) is 66.6 Å². The maximum Gasteiger partial charge on any atom is 0.227 e. The summed E-state index contributed by atoms with van der Waals surface area (Å²) in [6, 6.07) is 0.196. The first-order chi connectivity index (χ1) is 10.6. The van der Waals surface area contributed by atoms with E-state index in [-0.39, 0.29) is 29.7 Å². The minimum atomic E-state index is -0.0334. The Bertz CT molecular complexity index is 399. The fourth-order valence-corrected chi connectivity index (χ4v) is 3.64. The van der Waals surface area contributed by atoms with Crippen LogP contribution in [0.3, 0.4) is 0 Å². The van der Waals surface area contributed by atoms with Gasteiger partial charge in [-0.2, -0.15) is 0 Å². The molecule has 2 aliphatic heterocycles. The number of nitrogens with zero attached hydrogens (tertiary/aromatic N) is 2. The average Bonchev–Trinajstić information content (AvgIpc) is 2.59. The van der Waals surface area contributed by atoms with Crippen molar-refractivity contribution in [3.63, 3.8) is 0 Å². The van der Waals surface area contributed by atoms with Crippen LogP contribution in [0.15, 0.2) is 0 Å². The number of nitrogens with two attached hydrogens (primary N) is 1. The van der Waals surface area contributed by atoms with Gasteiger partial charge in [0.25, 0.3) is 0 Å². The lowest BCUT2D eigenvalue weighted by atomic mass is 9.92. The molecule has 0 aliphatic carbocycles. The van der Waals surface area contributed by atoms with E-state index in [1.165, 1.54) is 0 Å². The Balaban J connectivity index is 1.99. The highest BCUT2D eigenvalue weighted by Crippen LogP contribution is 2.25. The molecule has 2 saturated heterocycles. The molecule has 0 aromatic carbocycles.